The molecule has 0 N–H and O–H groups in total. The summed E-state index contributed by atoms with van der Waals surface area (Å²) in [4.78, 5) is 19.3. The van der Waals surface area contributed by atoms with E-state index < -0.39 is 0 Å². The number of carbonyl (C=O) groups excluding carboxylic acids is 1. The van der Waals surface area contributed by atoms with Crippen LogP contribution in [0.25, 0.3) is 0 Å². The van der Waals surface area contributed by atoms with Crippen molar-refractivity contribution in [2.75, 3.05) is 19.9 Å². The quantitative estimate of drug-likeness (QED) is 0.806. The van der Waals surface area contributed by atoms with Gasteiger partial charge in [0.25, 0.3) is 0 Å². The monoisotopic (exact) mass is 369 g/mol. The lowest BCUT2D eigenvalue weighted by atomic mass is 9.94. The fourth-order valence-electron chi connectivity index (χ4n) is 3.90. The minimum atomic E-state index is 0.155. The van der Waals surface area contributed by atoms with E-state index in [4.69, 9.17) is 14.0 Å². The molecule has 1 amide bonds. The molecule has 2 aromatic rings. The molecule has 27 heavy (non-hydrogen) atoms. The molecule has 1 aromatic carbocycles. The number of aromatic nitrogens is 2. The molecule has 1 saturated heterocycles. The number of hydrogen-bond donors (Lipinski definition) is 0. The van der Waals surface area contributed by atoms with Crippen molar-refractivity contribution in [1.29, 1.82) is 0 Å². The maximum absolute atomic E-state index is 12.8. The number of carbonyl (C=O) groups is 1. The summed E-state index contributed by atoms with van der Waals surface area (Å²) in [6.07, 6.45) is 5.59. The summed E-state index contributed by atoms with van der Waals surface area (Å²) >= 11 is 0. The van der Waals surface area contributed by atoms with E-state index in [2.05, 4.69) is 10.1 Å². The third-order valence-corrected chi connectivity index (χ3v) is 5.55. The van der Waals surface area contributed by atoms with Crippen LogP contribution in [0, 0.1) is 5.92 Å². The Labute approximate surface area is 157 Å². The van der Waals surface area contributed by atoms with Crippen molar-refractivity contribution < 1.29 is 18.8 Å². The summed E-state index contributed by atoms with van der Waals surface area (Å²) in [5.41, 5.74) is 0.956. The Morgan fingerprint density at radius 3 is 2.96 bits per heavy atom. The molecule has 2 fully saturated rings. The topological polar surface area (TPSA) is 77.7 Å². The molecular weight excluding hydrogens is 346 g/mol. The van der Waals surface area contributed by atoms with E-state index in [0.29, 0.717) is 24.1 Å². The summed E-state index contributed by atoms with van der Waals surface area (Å²) in [5.74, 6) is 4.08. The first-order chi connectivity index (χ1) is 13.2. The second kappa shape index (κ2) is 6.87. The highest BCUT2D eigenvalue weighted by Crippen LogP contribution is 2.38. The van der Waals surface area contributed by atoms with Crippen molar-refractivity contribution in [2.45, 2.75) is 44.4 Å². The Balaban J connectivity index is 1.19. The van der Waals surface area contributed by atoms with Gasteiger partial charge in [-0.15, -0.1) is 0 Å². The maximum Gasteiger partial charge on any atom is 0.231 e. The van der Waals surface area contributed by atoms with Gasteiger partial charge in [0.2, 0.25) is 18.6 Å². The number of rotatable bonds is 5. The van der Waals surface area contributed by atoms with Gasteiger partial charge in [0, 0.05) is 25.4 Å². The molecule has 3 heterocycles. The van der Waals surface area contributed by atoms with Crippen LogP contribution < -0.4 is 9.47 Å². The molecule has 1 aromatic heterocycles. The zero-order chi connectivity index (χ0) is 18.2. The van der Waals surface area contributed by atoms with Crippen LogP contribution in [-0.2, 0) is 17.6 Å². The standard InChI is InChI=1S/C20H23N3O4/c24-19(10-13-3-6-16-17(8-13)26-12-25-16)23-7-1-2-14(11-23)9-18-21-20(22-27-18)15-4-5-15/h3,6,8,14-15H,1-2,4-5,7,9-12H2. The van der Waals surface area contributed by atoms with Crippen LogP contribution in [0.2, 0.25) is 0 Å². The number of fused-ring (bicyclic) bond motifs is 1. The number of piperidine rings is 1. The highest BCUT2D eigenvalue weighted by Gasteiger charge is 2.30. The molecule has 1 saturated carbocycles. The molecule has 7 nitrogen and oxygen atoms in total. The van der Waals surface area contributed by atoms with Crippen molar-refractivity contribution in [2.24, 2.45) is 5.92 Å². The van der Waals surface area contributed by atoms with Gasteiger partial charge in [0.1, 0.15) is 0 Å². The van der Waals surface area contributed by atoms with E-state index in [1.165, 1.54) is 12.8 Å². The van der Waals surface area contributed by atoms with Crippen LogP contribution in [0.4, 0.5) is 0 Å². The van der Waals surface area contributed by atoms with Gasteiger partial charge in [-0.2, -0.15) is 4.98 Å². The molecule has 1 unspecified atom stereocenters. The Morgan fingerprint density at radius 2 is 2.07 bits per heavy atom. The predicted octanol–water partition coefficient (Wildman–Crippen LogP) is 2.70. The van der Waals surface area contributed by atoms with E-state index in [-0.39, 0.29) is 12.7 Å². The molecule has 0 bridgehead atoms. The van der Waals surface area contributed by atoms with Crippen molar-refractivity contribution in [1.82, 2.24) is 15.0 Å². The first kappa shape index (κ1) is 16.6. The summed E-state index contributed by atoms with van der Waals surface area (Å²) in [5, 5.41) is 4.09. The first-order valence-corrected chi connectivity index (χ1v) is 9.73. The average Bonchev–Trinajstić information content (AvgIpc) is 3.24. The number of hydrogen-bond acceptors (Lipinski definition) is 6. The molecule has 3 aliphatic rings. The molecule has 1 atom stereocenters. The summed E-state index contributed by atoms with van der Waals surface area (Å²) in [7, 11) is 0. The van der Waals surface area contributed by atoms with E-state index in [0.717, 1.165) is 55.2 Å². The van der Waals surface area contributed by atoms with Crippen molar-refractivity contribution in [3.05, 3.63) is 35.5 Å². The molecule has 1 aliphatic carbocycles. The molecule has 142 valence electrons. The third kappa shape index (κ3) is 3.63. The first-order valence-electron chi connectivity index (χ1n) is 9.73. The number of likely N-dealkylation sites (tertiary alicyclic amines) is 1. The van der Waals surface area contributed by atoms with Crippen molar-refractivity contribution in [3.8, 4) is 11.5 Å². The van der Waals surface area contributed by atoms with Crippen molar-refractivity contribution in [3.63, 3.8) is 0 Å². The van der Waals surface area contributed by atoms with Gasteiger partial charge in [-0.3, -0.25) is 4.79 Å². The lowest BCUT2D eigenvalue weighted by Gasteiger charge is -2.32. The molecule has 0 spiro atoms. The number of amides is 1. The summed E-state index contributed by atoms with van der Waals surface area (Å²) in [6, 6.07) is 5.71. The average molecular weight is 369 g/mol. The van der Waals surface area contributed by atoms with Crippen LogP contribution >= 0.6 is 0 Å². The summed E-state index contributed by atoms with van der Waals surface area (Å²) in [6.45, 7) is 1.82. The van der Waals surface area contributed by atoms with Crippen LogP contribution in [0.1, 0.15) is 48.9 Å². The molecular formula is C20H23N3O4. The fourth-order valence-corrected chi connectivity index (χ4v) is 3.90. The van der Waals surface area contributed by atoms with Crippen LogP contribution in [0.5, 0.6) is 11.5 Å². The lowest BCUT2D eigenvalue weighted by Crippen LogP contribution is -2.41. The van der Waals surface area contributed by atoms with Gasteiger partial charge in [-0.05, 0) is 49.3 Å². The Kier molecular flexibility index (Phi) is 4.22. The largest absolute Gasteiger partial charge is 0.454 e. The normalized spacial score (nSPS) is 21.5. The Morgan fingerprint density at radius 1 is 1.19 bits per heavy atom. The Hall–Kier alpha value is -2.57. The van der Waals surface area contributed by atoms with E-state index in [9.17, 15) is 4.79 Å². The van der Waals surface area contributed by atoms with Gasteiger partial charge >= 0.3 is 0 Å². The Bertz CT molecular complexity index is 846. The van der Waals surface area contributed by atoms with Gasteiger partial charge in [0.05, 0.1) is 6.42 Å². The SMILES string of the molecule is O=C(Cc1ccc2c(c1)OCO2)N1CCCC(Cc2nc(C3CC3)no2)C1. The minimum Gasteiger partial charge on any atom is -0.454 e. The van der Waals surface area contributed by atoms with Gasteiger partial charge in [-0.25, -0.2) is 0 Å². The van der Waals surface area contributed by atoms with Crippen LogP contribution in [0.3, 0.4) is 0 Å². The second-order valence-electron chi connectivity index (χ2n) is 7.74. The van der Waals surface area contributed by atoms with Crippen LogP contribution in [0.15, 0.2) is 22.7 Å². The highest BCUT2D eigenvalue weighted by molar-refractivity contribution is 5.79. The van der Waals surface area contributed by atoms with Gasteiger partial charge < -0.3 is 18.9 Å². The maximum atomic E-state index is 12.8. The molecule has 2 aliphatic heterocycles. The van der Waals surface area contributed by atoms with E-state index in [1.807, 2.05) is 23.1 Å². The second-order valence-corrected chi connectivity index (χ2v) is 7.74. The number of nitrogens with zero attached hydrogens (tertiary/aromatic N) is 3. The van der Waals surface area contributed by atoms with Crippen LogP contribution in [-0.4, -0.2) is 40.8 Å². The van der Waals surface area contributed by atoms with E-state index >= 15 is 0 Å². The predicted molar refractivity (Wildman–Crippen MR) is 95.6 cm³/mol. The van der Waals surface area contributed by atoms with Gasteiger partial charge in [-0.1, -0.05) is 11.2 Å². The van der Waals surface area contributed by atoms with Crippen molar-refractivity contribution >= 4 is 5.91 Å². The number of benzene rings is 1. The highest BCUT2D eigenvalue weighted by atomic mass is 16.7. The molecule has 5 rings (SSSR count). The summed E-state index contributed by atoms with van der Waals surface area (Å²) < 4.78 is 16.1. The smallest absolute Gasteiger partial charge is 0.231 e. The number of ether oxygens (including phenoxy) is 2. The zero-order valence-electron chi connectivity index (χ0n) is 15.2. The third-order valence-electron chi connectivity index (χ3n) is 5.55. The molecule has 0 radical (unpaired) electrons. The molecule has 7 heteroatoms. The minimum absolute atomic E-state index is 0.155. The fraction of sp³-hybridized carbons (Fsp3) is 0.550. The van der Waals surface area contributed by atoms with E-state index in [1.54, 1.807) is 0 Å². The zero-order valence-corrected chi connectivity index (χ0v) is 15.2. The van der Waals surface area contributed by atoms with Gasteiger partial charge in [0.15, 0.2) is 17.3 Å². The lowest BCUT2D eigenvalue weighted by molar-refractivity contribution is -0.132.